The fourth-order valence-corrected chi connectivity index (χ4v) is 3.31. The highest BCUT2D eigenvalue weighted by Crippen LogP contribution is 2.28. The van der Waals surface area contributed by atoms with Gasteiger partial charge in [-0.1, -0.05) is 53.7 Å². The third kappa shape index (κ3) is 8.70. The summed E-state index contributed by atoms with van der Waals surface area (Å²) >= 11 is 0. The molecule has 0 aliphatic carbocycles. The number of carbonyl (C=O) groups is 4. The van der Waals surface area contributed by atoms with Crippen molar-refractivity contribution in [1.29, 1.82) is 0 Å². The number of carboxylic acids is 2. The van der Waals surface area contributed by atoms with Crippen LogP contribution in [0.5, 0.6) is 11.5 Å². The van der Waals surface area contributed by atoms with Crippen LogP contribution in [-0.2, 0) is 5.41 Å². The minimum absolute atomic E-state index is 0.0189. The third-order valence-electron chi connectivity index (χ3n) is 5.20. The Morgan fingerprint density at radius 1 is 0.744 bits per heavy atom. The molecule has 3 rings (SSSR count). The Kier molecular flexibility index (Phi) is 9.97. The maximum absolute atomic E-state index is 12.8. The molecule has 0 unspecified atom stereocenters. The summed E-state index contributed by atoms with van der Waals surface area (Å²) in [5.41, 5.74) is 4.65. The molecular weight excluding hydrogens is 500 g/mol. The lowest BCUT2D eigenvalue weighted by atomic mass is 9.87. The van der Waals surface area contributed by atoms with Crippen molar-refractivity contribution in [2.24, 2.45) is 11.7 Å². The molecule has 5 N–H and O–H groups in total. The number of carboxylic acid groups (broad SMARTS) is 2. The van der Waals surface area contributed by atoms with Crippen LogP contribution in [-0.4, -0.2) is 34.0 Å². The summed E-state index contributed by atoms with van der Waals surface area (Å²) in [6, 6.07) is 15.6. The molecule has 0 spiro atoms. The van der Waals surface area contributed by atoms with E-state index in [0.717, 1.165) is 18.1 Å². The predicted molar refractivity (Wildman–Crippen MR) is 149 cm³/mol. The number of carbonyl (C=O) groups excluding carboxylic acids is 2. The number of nitrogens with two attached hydrogens (primary N) is 1. The molecule has 0 heterocycles. The first kappa shape index (κ1) is 30.6. The predicted octanol–water partition coefficient (Wildman–Crippen LogP) is 6.19. The van der Waals surface area contributed by atoms with Crippen molar-refractivity contribution in [2.45, 2.75) is 47.0 Å². The molecule has 0 aliphatic heterocycles. The van der Waals surface area contributed by atoms with Crippen LogP contribution in [0.15, 0.2) is 60.7 Å². The highest BCUT2D eigenvalue weighted by Gasteiger charge is 2.25. The van der Waals surface area contributed by atoms with E-state index in [0.29, 0.717) is 17.2 Å². The number of amides is 2. The Morgan fingerprint density at radius 2 is 1.15 bits per heavy atom. The minimum Gasteiger partial charge on any atom is -0.478 e. The van der Waals surface area contributed by atoms with Gasteiger partial charge in [0, 0.05) is 5.69 Å². The zero-order chi connectivity index (χ0) is 29.5. The SMILES string of the molecule is CC(C)(C)c1ccc(Oc2ccc(NC(=O)c3cc(C(N)=O)c(C(=O)O)cc3C(=O)O)cc2)cc1.CC(C)C. The van der Waals surface area contributed by atoms with Gasteiger partial charge in [-0.2, -0.15) is 0 Å². The number of ether oxygens (including phenoxy) is 1. The number of aromatic carboxylic acids is 2. The van der Waals surface area contributed by atoms with Crippen LogP contribution in [0, 0.1) is 5.92 Å². The Balaban J connectivity index is 0.00000124. The molecule has 0 saturated carbocycles. The first-order valence-electron chi connectivity index (χ1n) is 12.2. The maximum atomic E-state index is 12.8. The van der Waals surface area contributed by atoms with Gasteiger partial charge in [-0.15, -0.1) is 0 Å². The molecule has 9 nitrogen and oxygen atoms in total. The lowest BCUT2D eigenvalue weighted by Gasteiger charge is -2.19. The normalized spacial score (nSPS) is 10.7. The van der Waals surface area contributed by atoms with Crippen LogP contribution < -0.4 is 15.8 Å². The summed E-state index contributed by atoms with van der Waals surface area (Å²) in [4.78, 5) is 47.4. The molecule has 206 valence electrons. The van der Waals surface area contributed by atoms with Crippen LogP contribution in [0.2, 0.25) is 0 Å². The zero-order valence-electron chi connectivity index (χ0n) is 22.9. The smallest absolute Gasteiger partial charge is 0.336 e. The maximum Gasteiger partial charge on any atom is 0.336 e. The second-order valence-corrected chi connectivity index (χ2v) is 10.5. The monoisotopic (exact) mass is 534 g/mol. The van der Waals surface area contributed by atoms with Crippen molar-refractivity contribution in [3.05, 3.63) is 88.5 Å². The number of rotatable bonds is 7. The molecular formula is C30H34N2O7. The lowest BCUT2D eigenvalue weighted by Crippen LogP contribution is -2.22. The third-order valence-corrected chi connectivity index (χ3v) is 5.20. The lowest BCUT2D eigenvalue weighted by molar-refractivity contribution is 0.0689. The molecule has 3 aromatic rings. The number of nitrogens with one attached hydrogen (secondary N) is 1. The summed E-state index contributed by atoms with van der Waals surface area (Å²) < 4.78 is 5.82. The molecule has 0 atom stereocenters. The van der Waals surface area contributed by atoms with E-state index in [-0.39, 0.29) is 5.41 Å². The van der Waals surface area contributed by atoms with Crippen LogP contribution in [0.1, 0.15) is 88.5 Å². The van der Waals surface area contributed by atoms with Crippen molar-refractivity contribution in [2.75, 3.05) is 5.32 Å². The minimum atomic E-state index is -1.54. The molecule has 0 bridgehead atoms. The summed E-state index contributed by atoms with van der Waals surface area (Å²) in [6.45, 7) is 12.8. The van der Waals surface area contributed by atoms with Gasteiger partial charge in [-0.25, -0.2) is 9.59 Å². The number of primary amides is 1. The topological polar surface area (TPSA) is 156 Å². The van der Waals surface area contributed by atoms with Gasteiger partial charge in [-0.3, -0.25) is 9.59 Å². The van der Waals surface area contributed by atoms with E-state index in [9.17, 15) is 29.4 Å². The molecule has 0 radical (unpaired) electrons. The van der Waals surface area contributed by atoms with E-state index in [1.165, 1.54) is 5.56 Å². The summed E-state index contributed by atoms with van der Waals surface area (Å²) in [7, 11) is 0. The summed E-state index contributed by atoms with van der Waals surface area (Å²) in [6.07, 6.45) is 0. The Bertz CT molecular complexity index is 1350. The van der Waals surface area contributed by atoms with E-state index in [1.807, 2.05) is 24.3 Å². The van der Waals surface area contributed by atoms with Gasteiger partial charge in [-0.05, 0) is 65.4 Å². The van der Waals surface area contributed by atoms with Gasteiger partial charge in [0.2, 0.25) is 5.91 Å². The second kappa shape index (κ2) is 12.7. The van der Waals surface area contributed by atoms with Crippen LogP contribution in [0.25, 0.3) is 0 Å². The van der Waals surface area contributed by atoms with Gasteiger partial charge in [0.15, 0.2) is 0 Å². The van der Waals surface area contributed by atoms with Crippen LogP contribution in [0.4, 0.5) is 5.69 Å². The fourth-order valence-electron chi connectivity index (χ4n) is 3.31. The van der Waals surface area contributed by atoms with Gasteiger partial charge in [0.05, 0.1) is 22.3 Å². The Hall–Kier alpha value is -4.66. The van der Waals surface area contributed by atoms with Gasteiger partial charge >= 0.3 is 11.9 Å². The van der Waals surface area contributed by atoms with Crippen molar-refractivity contribution >= 4 is 29.4 Å². The molecule has 9 heteroatoms. The molecule has 39 heavy (non-hydrogen) atoms. The van der Waals surface area contributed by atoms with Gasteiger partial charge in [0.25, 0.3) is 5.91 Å². The molecule has 0 saturated heterocycles. The molecule has 0 aliphatic rings. The fraction of sp³-hybridized carbons (Fsp3) is 0.267. The number of benzene rings is 3. The van der Waals surface area contributed by atoms with E-state index in [2.05, 4.69) is 46.9 Å². The molecule has 3 aromatic carbocycles. The van der Waals surface area contributed by atoms with E-state index in [4.69, 9.17) is 10.5 Å². The van der Waals surface area contributed by atoms with E-state index in [1.54, 1.807) is 24.3 Å². The largest absolute Gasteiger partial charge is 0.478 e. The Morgan fingerprint density at radius 3 is 1.56 bits per heavy atom. The van der Waals surface area contributed by atoms with Gasteiger partial charge in [0.1, 0.15) is 11.5 Å². The standard InChI is InChI=1S/C26H24N2O7.C4H10/c1-26(2,3)14-4-8-16(9-5-14)35-17-10-6-15(7-11-17)28-23(30)19-12-18(22(27)29)20(24(31)32)13-21(19)25(33)34;1-4(2)3/h4-13H,1-3H3,(H2,27,29)(H,28,30)(H,31,32)(H,33,34);4H,1-3H3. The molecule has 0 aromatic heterocycles. The Labute approximate surface area is 227 Å². The van der Waals surface area contributed by atoms with Crippen LogP contribution >= 0.6 is 0 Å². The second-order valence-electron chi connectivity index (χ2n) is 10.5. The highest BCUT2D eigenvalue weighted by molar-refractivity contribution is 6.14. The first-order chi connectivity index (χ1) is 18.1. The number of hydrogen-bond donors (Lipinski definition) is 4. The van der Waals surface area contributed by atoms with Crippen molar-refractivity contribution in [1.82, 2.24) is 0 Å². The average Bonchev–Trinajstić information content (AvgIpc) is 2.83. The summed E-state index contributed by atoms with van der Waals surface area (Å²) in [5.74, 6) is -3.05. The van der Waals surface area contributed by atoms with Crippen LogP contribution in [0.3, 0.4) is 0 Å². The van der Waals surface area contributed by atoms with Gasteiger partial charge < -0.3 is 26.0 Å². The van der Waals surface area contributed by atoms with Crippen molar-refractivity contribution < 1.29 is 34.1 Å². The highest BCUT2D eigenvalue weighted by atomic mass is 16.5. The zero-order valence-corrected chi connectivity index (χ0v) is 22.9. The summed E-state index contributed by atoms with van der Waals surface area (Å²) in [5, 5.41) is 21.2. The first-order valence-corrected chi connectivity index (χ1v) is 12.2. The molecule has 0 fully saturated rings. The van der Waals surface area contributed by atoms with E-state index >= 15 is 0 Å². The quantitative estimate of drug-likeness (QED) is 0.282. The van der Waals surface area contributed by atoms with Crippen molar-refractivity contribution in [3.63, 3.8) is 0 Å². The van der Waals surface area contributed by atoms with Crippen molar-refractivity contribution in [3.8, 4) is 11.5 Å². The number of hydrogen-bond acceptors (Lipinski definition) is 5. The number of anilines is 1. The average molecular weight is 535 g/mol. The molecule has 2 amide bonds. The van der Waals surface area contributed by atoms with E-state index < -0.39 is 46.0 Å².